The van der Waals surface area contributed by atoms with Gasteiger partial charge in [-0.15, -0.1) is 25.0 Å². The number of rotatable bonds is 1. The first-order valence-electron chi connectivity index (χ1n) is 3.32. The van der Waals surface area contributed by atoms with E-state index in [4.69, 9.17) is 17.3 Å². The lowest BCUT2D eigenvalue weighted by Gasteiger charge is -2.07. The van der Waals surface area contributed by atoms with Gasteiger partial charge in [0.2, 0.25) is 0 Å². The maximum Gasteiger partial charge on any atom is 0.164 e. The van der Waals surface area contributed by atoms with Crippen molar-refractivity contribution in [3.8, 4) is 5.75 Å². The second-order valence-corrected chi connectivity index (χ2v) is 3.27. The zero-order valence-electron chi connectivity index (χ0n) is 6.87. The molecule has 1 aromatic rings. The molecular weight excluding hydrogens is 230 g/mol. The van der Waals surface area contributed by atoms with Gasteiger partial charge >= 0.3 is 0 Å². The molecule has 1 rings (SSSR count). The highest BCUT2D eigenvalue weighted by Gasteiger charge is 2.08. The number of halogens is 1. The summed E-state index contributed by atoms with van der Waals surface area (Å²) in [6, 6.07) is 0. The third-order valence-corrected chi connectivity index (χ3v) is 2.41. The summed E-state index contributed by atoms with van der Waals surface area (Å²) < 4.78 is 0.245. The first kappa shape index (κ1) is 12.8. The van der Waals surface area contributed by atoms with Crippen molar-refractivity contribution < 1.29 is 10.2 Å². The third kappa shape index (κ3) is 2.37. The van der Waals surface area contributed by atoms with Crippen LogP contribution in [0.2, 0.25) is 0 Å². The van der Waals surface area contributed by atoms with Gasteiger partial charge in [-0.1, -0.05) is 12.2 Å². The number of thiol groups is 1. The number of hydrogen-bond donors (Lipinski definition) is 4. The van der Waals surface area contributed by atoms with Gasteiger partial charge < -0.3 is 15.2 Å². The minimum Gasteiger partial charge on any atom is -0.504 e. The van der Waals surface area contributed by atoms with Crippen LogP contribution in [0.25, 0.3) is 0 Å². The average Bonchev–Trinajstić information content (AvgIpc) is 2.01. The molecule has 0 saturated heterocycles. The first-order chi connectivity index (χ1) is 5.57. The van der Waals surface area contributed by atoms with E-state index in [0.29, 0.717) is 10.5 Å². The van der Waals surface area contributed by atoms with Crippen molar-refractivity contribution in [3.05, 3.63) is 15.9 Å². The minimum absolute atomic E-state index is 0. The van der Waals surface area contributed by atoms with Crippen molar-refractivity contribution in [2.24, 2.45) is 0 Å². The predicted molar refractivity (Wildman–Crippen MR) is 58.5 cm³/mol. The summed E-state index contributed by atoms with van der Waals surface area (Å²) in [5, 5.41) is 18.2. The van der Waals surface area contributed by atoms with Crippen molar-refractivity contribution in [1.29, 1.82) is 0 Å². The largest absolute Gasteiger partial charge is 0.504 e. The van der Waals surface area contributed by atoms with Crippen LogP contribution >= 0.6 is 37.3 Å². The van der Waals surface area contributed by atoms with Crippen LogP contribution in [0.3, 0.4) is 0 Å². The first-order valence-corrected chi connectivity index (χ1v) is 4.18. The molecule has 0 aliphatic rings. The number of pyridine rings is 1. The Morgan fingerprint density at radius 1 is 1.54 bits per heavy atom. The van der Waals surface area contributed by atoms with Crippen LogP contribution in [0.1, 0.15) is 11.3 Å². The Morgan fingerprint density at radius 3 is 2.54 bits per heavy atom. The Labute approximate surface area is 92.6 Å². The molecule has 0 bridgehead atoms. The fourth-order valence-electron chi connectivity index (χ4n) is 0.926. The van der Waals surface area contributed by atoms with Gasteiger partial charge in [-0.25, -0.2) is 0 Å². The number of aliphatic hydroxyl groups is 1. The van der Waals surface area contributed by atoms with Gasteiger partial charge in [-0.2, -0.15) is 0 Å². The predicted octanol–water partition coefficient (Wildman–Crippen LogP) is 1.96. The van der Waals surface area contributed by atoms with Crippen molar-refractivity contribution in [2.75, 3.05) is 0 Å². The monoisotopic (exact) mass is 239 g/mol. The van der Waals surface area contributed by atoms with Gasteiger partial charge in [-0.05, 0) is 6.92 Å². The number of hydrogen-bond acceptors (Lipinski definition) is 4. The Bertz CT molecular complexity index is 364. The van der Waals surface area contributed by atoms with Crippen LogP contribution < -0.4 is 0 Å². The van der Waals surface area contributed by atoms with Gasteiger partial charge in [0.25, 0.3) is 0 Å². The molecule has 6 heteroatoms. The van der Waals surface area contributed by atoms with E-state index in [0.717, 1.165) is 5.69 Å². The number of aryl methyl sites for hydroxylation is 1. The van der Waals surface area contributed by atoms with Gasteiger partial charge in [0, 0.05) is 11.3 Å². The summed E-state index contributed by atoms with van der Waals surface area (Å²) >= 11 is 8.83. The normalized spacial score (nSPS) is 9.46. The zero-order valence-corrected chi connectivity index (χ0v) is 9.39. The number of nitrogens with one attached hydrogen (secondary N) is 1. The maximum absolute atomic E-state index is 9.32. The lowest BCUT2D eigenvalue weighted by Crippen LogP contribution is -1.95. The van der Waals surface area contributed by atoms with Crippen molar-refractivity contribution in [1.82, 2.24) is 4.98 Å². The Kier molecular flexibility index (Phi) is 4.77. The highest BCUT2D eigenvalue weighted by molar-refractivity contribution is 7.80. The summed E-state index contributed by atoms with van der Waals surface area (Å²) in [5.41, 5.74) is 1.30. The quantitative estimate of drug-likeness (QED) is 0.448. The van der Waals surface area contributed by atoms with Crippen molar-refractivity contribution in [2.45, 2.75) is 18.4 Å². The summed E-state index contributed by atoms with van der Waals surface area (Å²) in [6.45, 7) is 1.60. The van der Waals surface area contributed by atoms with E-state index in [1.54, 1.807) is 6.92 Å². The molecule has 0 radical (unpaired) electrons. The number of H-pyrrole nitrogens is 1. The average molecular weight is 240 g/mol. The van der Waals surface area contributed by atoms with E-state index in [-0.39, 0.29) is 29.4 Å². The summed E-state index contributed by atoms with van der Waals surface area (Å²) in [4.78, 5) is 3.10. The molecular formula is C7H10ClNO2S2. The molecule has 0 aliphatic carbocycles. The van der Waals surface area contributed by atoms with E-state index < -0.39 is 0 Å². The summed E-state index contributed by atoms with van der Waals surface area (Å²) in [6.07, 6.45) is 0. The molecule has 0 atom stereocenters. The molecule has 0 aromatic carbocycles. The summed E-state index contributed by atoms with van der Waals surface area (Å²) in [5.74, 6) is -0.0806. The molecule has 0 spiro atoms. The van der Waals surface area contributed by atoms with Gasteiger partial charge in [0.15, 0.2) is 5.75 Å². The Hall–Kier alpha value is -0.230. The van der Waals surface area contributed by atoms with Crippen LogP contribution in [-0.2, 0) is 6.61 Å². The SMILES string of the molecule is Cc1[nH]c(=S)c(O)c(S)c1CO.Cl. The molecule has 0 amide bonds. The van der Waals surface area contributed by atoms with E-state index in [1.807, 2.05) is 0 Å². The van der Waals surface area contributed by atoms with Crippen LogP contribution in [0.15, 0.2) is 4.90 Å². The molecule has 0 saturated carbocycles. The van der Waals surface area contributed by atoms with E-state index in [2.05, 4.69) is 17.6 Å². The second-order valence-electron chi connectivity index (χ2n) is 2.41. The fraction of sp³-hybridized carbons (Fsp3) is 0.286. The van der Waals surface area contributed by atoms with Crippen LogP contribution in [0.4, 0.5) is 0 Å². The molecule has 0 unspecified atom stereocenters. The smallest absolute Gasteiger partial charge is 0.164 e. The highest BCUT2D eigenvalue weighted by Crippen LogP contribution is 2.27. The number of aromatic amines is 1. The van der Waals surface area contributed by atoms with Crippen LogP contribution in [0.5, 0.6) is 5.75 Å². The number of aromatic hydroxyl groups is 1. The summed E-state index contributed by atoms with van der Waals surface area (Å²) in [7, 11) is 0. The van der Waals surface area contributed by atoms with Crippen molar-refractivity contribution in [3.63, 3.8) is 0 Å². The zero-order chi connectivity index (χ0) is 9.30. The Morgan fingerprint density at radius 2 is 2.08 bits per heavy atom. The molecule has 13 heavy (non-hydrogen) atoms. The number of aliphatic hydroxyl groups excluding tert-OH is 1. The van der Waals surface area contributed by atoms with Crippen LogP contribution in [-0.4, -0.2) is 15.2 Å². The molecule has 1 heterocycles. The van der Waals surface area contributed by atoms with Crippen LogP contribution in [0, 0.1) is 11.6 Å². The molecule has 3 N–H and O–H groups in total. The number of aromatic nitrogens is 1. The molecule has 3 nitrogen and oxygen atoms in total. The maximum atomic E-state index is 9.32. The van der Waals surface area contributed by atoms with E-state index in [1.165, 1.54) is 0 Å². The second kappa shape index (κ2) is 4.85. The lowest BCUT2D eigenvalue weighted by atomic mass is 10.2. The molecule has 0 fully saturated rings. The highest BCUT2D eigenvalue weighted by atomic mass is 35.5. The minimum atomic E-state index is -0.162. The van der Waals surface area contributed by atoms with Gasteiger partial charge in [0.1, 0.15) is 4.64 Å². The topological polar surface area (TPSA) is 56.2 Å². The standard InChI is InChI=1S/C7H9NO2S2.ClH/c1-3-4(2-9)6(11)5(10)7(12)8-3;/h9-10H,2H2,1H3,(H2,8,11,12);1H. The van der Waals surface area contributed by atoms with Gasteiger partial charge in [-0.3, -0.25) is 0 Å². The van der Waals surface area contributed by atoms with E-state index >= 15 is 0 Å². The van der Waals surface area contributed by atoms with E-state index in [9.17, 15) is 5.11 Å². The molecule has 0 aliphatic heterocycles. The third-order valence-electron chi connectivity index (χ3n) is 1.64. The lowest BCUT2D eigenvalue weighted by molar-refractivity contribution is 0.276. The van der Waals surface area contributed by atoms with Crippen molar-refractivity contribution >= 4 is 37.3 Å². The fourth-order valence-corrected chi connectivity index (χ4v) is 1.61. The Balaban J connectivity index is 0.00000144. The molecule has 1 aromatic heterocycles. The van der Waals surface area contributed by atoms with Gasteiger partial charge in [0.05, 0.1) is 11.5 Å². The molecule has 74 valence electrons.